The fourth-order valence-electron chi connectivity index (χ4n) is 2.42. The predicted molar refractivity (Wildman–Crippen MR) is 77.7 cm³/mol. The first kappa shape index (κ1) is 12.9. The van der Waals surface area contributed by atoms with E-state index in [0.29, 0.717) is 17.4 Å². The third-order valence-corrected chi connectivity index (χ3v) is 3.70. The number of pyridine rings is 2. The predicted octanol–water partition coefficient (Wildman–Crippen LogP) is 2.63. The molecule has 6 heteroatoms. The van der Waals surface area contributed by atoms with Gasteiger partial charge in [-0.3, -0.25) is 9.88 Å². The van der Waals surface area contributed by atoms with Crippen LogP contribution >= 0.6 is 11.6 Å². The fourth-order valence-corrected chi connectivity index (χ4v) is 2.63. The fraction of sp³-hybridized carbons (Fsp3) is 0.214. The van der Waals surface area contributed by atoms with E-state index in [1.165, 1.54) is 4.90 Å². The lowest BCUT2D eigenvalue weighted by Gasteiger charge is -2.26. The Balaban J connectivity index is 2.06. The average molecular weight is 289 g/mol. The Labute approximate surface area is 121 Å². The number of aryl methyl sites for hydroxylation is 1. The molecule has 0 unspecified atom stereocenters. The summed E-state index contributed by atoms with van der Waals surface area (Å²) >= 11 is 6.17. The van der Waals surface area contributed by atoms with E-state index in [0.717, 1.165) is 29.5 Å². The van der Waals surface area contributed by atoms with Crippen LogP contribution in [0.15, 0.2) is 30.7 Å². The van der Waals surface area contributed by atoms with Crippen molar-refractivity contribution < 1.29 is 4.79 Å². The molecule has 0 aliphatic carbocycles. The molecule has 2 amide bonds. The number of fused-ring (bicyclic) bond motifs is 1. The van der Waals surface area contributed by atoms with Gasteiger partial charge in [-0.05, 0) is 30.5 Å². The Hall–Kier alpha value is -2.14. The third kappa shape index (κ3) is 2.20. The molecule has 0 spiro atoms. The lowest BCUT2D eigenvalue weighted by atomic mass is 10.0. The first-order valence-corrected chi connectivity index (χ1v) is 6.70. The van der Waals surface area contributed by atoms with Gasteiger partial charge in [0.05, 0.1) is 5.02 Å². The maximum absolute atomic E-state index is 11.4. The van der Waals surface area contributed by atoms with E-state index in [4.69, 9.17) is 17.3 Å². The first-order chi connectivity index (χ1) is 9.66. The van der Waals surface area contributed by atoms with Crippen LogP contribution in [-0.4, -0.2) is 22.5 Å². The number of rotatable bonds is 1. The minimum Gasteiger partial charge on any atom is -0.351 e. The molecule has 3 heterocycles. The van der Waals surface area contributed by atoms with Gasteiger partial charge in [0.1, 0.15) is 5.82 Å². The summed E-state index contributed by atoms with van der Waals surface area (Å²) in [5.74, 6) is 0.646. The molecular weight excluding hydrogens is 276 g/mol. The van der Waals surface area contributed by atoms with Crippen molar-refractivity contribution >= 4 is 23.4 Å². The van der Waals surface area contributed by atoms with Crippen molar-refractivity contribution in [3.8, 4) is 11.1 Å². The van der Waals surface area contributed by atoms with Crippen molar-refractivity contribution in [2.45, 2.75) is 12.8 Å². The zero-order valence-corrected chi connectivity index (χ0v) is 11.5. The zero-order valence-electron chi connectivity index (χ0n) is 10.7. The van der Waals surface area contributed by atoms with Crippen LogP contribution in [0.1, 0.15) is 12.0 Å². The number of amides is 2. The number of carbonyl (C=O) groups excluding carboxylic acids is 1. The van der Waals surface area contributed by atoms with E-state index in [-0.39, 0.29) is 0 Å². The number of carbonyl (C=O) groups is 1. The second kappa shape index (κ2) is 5.09. The summed E-state index contributed by atoms with van der Waals surface area (Å²) in [7, 11) is 0. The average Bonchev–Trinajstić information content (AvgIpc) is 2.46. The highest BCUT2D eigenvalue weighted by Crippen LogP contribution is 2.31. The molecule has 0 saturated heterocycles. The van der Waals surface area contributed by atoms with Crippen LogP contribution in [0.25, 0.3) is 11.1 Å². The van der Waals surface area contributed by atoms with Crippen molar-refractivity contribution in [1.29, 1.82) is 0 Å². The Morgan fingerprint density at radius 3 is 3.00 bits per heavy atom. The lowest BCUT2D eigenvalue weighted by Crippen LogP contribution is -2.40. The number of nitrogens with zero attached hydrogens (tertiary/aromatic N) is 3. The molecule has 2 N–H and O–H groups in total. The summed E-state index contributed by atoms with van der Waals surface area (Å²) in [6.45, 7) is 0.613. The maximum atomic E-state index is 11.4. The van der Waals surface area contributed by atoms with Gasteiger partial charge in [-0.1, -0.05) is 11.6 Å². The van der Waals surface area contributed by atoms with Crippen LogP contribution in [0.4, 0.5) is 10.6 Å². The van der Waals surface area contributed by atoms with Crippen LogP contribution in [0.2, 0.25) is 5.02 Å². The minimum atomic E-state index is -0.467. The summed E-state index contributed by atoms with van der Waals surface area (Å²) < 4.78 is 0. The van der Waals surface area contributed by atoms with Gasteiger partial charge in [0, 0.05) is 36.3 Å². The van der Waals surface area contributed by atoms with Crippen molar-refractivity contribution in [2.24, 2.45) is 5.73 Å². The van der Waals surface area contributed by atoms with Gasteiger partial charge in [0.2, 0.25) is 0 Å². The molecule has 20 heavy (non-hydrogen) atoms. The Morgan fingerprint density at radius 1 is 1.40 bits per heavy atom. The summed E-state index contributed by atoms with van der Waals surface area (Å²) in [5.41, 5.74) is 8.11. The topological polar surface area (TPSA) is 72.1 Å². The van der Waals surface area contributed by atoms with Crippen LogP contribution < -0.4 is 10.6 Å². The molecule has 1 aliphatic rings. The van der Waals surface area contributed by atoms with Gasteiger partial charge in [-0.2, -0.15) is 0 Å². The zero-order chi connectivity index (χ0) is 14.1. The highest BCUT2D eigenvalue weighted by atomic mass is 35.5. The van der Waals surface area contributed by atoms with Crippen LogP contribution in [0.5, 0.6) is 0 Å². The monoisotopic (exact) mass is 288 g/mol. The number of halogens is 1. The van der Waals surface area contributed by atoms with Crippen molar-refractivity contribution in [1.82, 2.24) is 9.97 Å². The number of anilines is 1. The molecule has 0 atom stereocenters. The quantitative estimate of drug-likeness (QED) is 0.877. The standard InChI is InChI=1S/C14H13ClN4O/c15-12-3-4-17-8-11(12)10-6-9-2-1-5-19(14(16)20)13(9)18-7-10/h3-4,6-8H,1-2,5H2,(H2,16,20). The molecule has 3 rings (SSSR count). The van der Waals surface area contributed by atoms with E-state index in [1.54, 1.807) is 24.7 Å². The summed E-state index contributed by atoms with van der Waals surface area (Å²) in [6.07, 6.45) is 6.80. The number of hydrogen-bond acceptors (Lipinski definition) is 3. The molecule has 2 aromatic rings. The number of aromatic nitrogens is 2. The highest BCUT2D eigenvalue weighted by molar-refractivity contribution is 6.33. The smallest absolute Gasteiger partial charge is 0.320 e. The van der Waals surface area contributed by atoms with E-state index in [9.17, 15) is 4.79 Å². The maximum Gasteiger partial charge on any atom is 0.320 e. The number of urea groups is 1. The van der Waals surface area contributed by atoms with Gasteiger partial charge in [-0.15, -0.1) is 0 Å². The highest BCUT2D eigenvalue weighted by Gasteiger charge is 2.22. The molecule has 0 bridgehead atoms. The molecule has 2 aromatic heterocycles. The van der Waals surface area contributed by atoms with Crippen LogP contribution in [-0.2, 0) is 6.42 Å². The minimum absolute atomic E-state index is 0.467. The number of primary amides is 1. The number of hydrogen-bond donors (Lipinski definition) is 1. The summed E-state index contributed by atoms with van der Waals surface area (Å²) in [6, 6.07) is 3.28. The Bertz CT molecular complexity index is 674. The summed E-state index contributed by atoms with van der Waals surface area (Å²) in [4.78, 5) is 21.4. The third-order valence-electron chi connectivity index (χ3n) is 3.37. The molecule has 1 aliphatic heterocycles. The van der Waals surface area contributed by atoms with Crippen molar-refractivity contribution in [3.63, 3.8) is 0 Å². The van der Waals surface area contributed by atoms with Crippen LogP contribution in [0, 0.1) is 0 Å². The second-order valence-electron chi connectivity index (χ2n) is 4.66. The number of nitrogens with two attached hydrogens (primary N) is 1. The van der Waals surface area contributed by atoms with Crippen molar-refractivity contribution in [3.05, 3.63) is 41.3 Å². The molecule has 0 saturated carbocycles. The lowest BCUT2D eigenvalue weighted by molar-refractivity contribution is 0.253. The van der Waals surface area contributed by atoms with E-state index in [1.807, 2.05) is 6.07 Å². The van der Waals surface area contributed by atoms with E-state index < -0.39 is 6.03 Å². The first-order valence-electron chi connectivity index (χ1n) is 6.32. The molecule has 0 aromatic carbocycles. The van der Waals surface area contributed by atoms with E-state index >= 15 is 0 Å². The SMILES string of the molecule is NC(=O)N1CCCc2cc(-c3cnccc3Cl)cnc21. The van der Waals surface area contributed by atoms with Gasteiger partial charge >= 0.3 is 6.03 Å². The van der Waals surface area contributed by atoms with Gasteiger partial charge in [0.25, 0.3) is 0 Å². The second-order valence-corrected chi connectivity index (χ2v) is 5.06. The largest absolute Gasteiger partial charge is 0.351 e. The molecule has 0 fully saturated rings. The molecular formula is C14H13ClN4O. The Morgan fingerprint density at radius 2 is 2.25 bits per heavy atom. The molecule has 102 valence electrons. The van der Waals surface area contributed by atoms with E-state index in [2.05, 4.69) is 9.97 Å². The summed E-state index contributed by atoms with van der Waals surface area (Å²) in [5, 5.41) is 0.629. The van der Waals surface area contributed by atoms with Crippen molar-refractivity contribution in [2.75, 3.05) is 11.4 Å². The van der Waals surface area contributed by atoms with Crippen LogP contribution in [0.3, 0.4) is 0 Å². The Kier molecular flexibility index (Phi) is 3.28. The molecule has 0 radical (unpaired) electrons. The van der Waals surface area contributed by atoms with Gasteiger partial charge in [0.15, 0.2) is 0 Å². The van der Waals surface area contributed by atoms with Gasteiger partial charge < -0.3 is 5.73 Å². The van der Waals surface area contributed by atoms with Gasteiger partial charge in [-0.25, -0.2) is 9.78 Å². The molecule has 5 nitrogen and oxygen atoms in total. The normalized spacial score (nSPS) is 13.9.